The molecule has 0 spiro atoms. The minimum atomic E-state index is -5.31. The summed E-state index contributed by atoms with van der Waals surface area (Å²) in [5.74, 6) is -3.28. The van der Waals surface area contributed by atoms with Crippen molar-refractivity contribution in [1.82, 2.24) is 15.2 Å². The van der Waals surface area contributed by atoms with E-state index in [1.807, 2.05) is 0 Å². The van der Waals surface area contributed by atoms with Crippen molar-refractivity contribution >= 4 is 11.8 Å². The van der Waals surface area contributed by atoms with Crippen molar-refractivity contribution in [3.63, 3.8) is 0 Å². The fraction of sp³-hybridized carbons (Fsp3) is 0.333. The number of ether oxygens (including phenoxy) is 2. The fourth-order valence-electron chi connectivity index (χ4n) is 3.50. The molecule has 3 aromatic rings. The van der Waals surface area contributed by atoms with E-state index in [9.17, 15) is 36.2 Å². The molecule has 15 heteroatoms. The molecule has 2 N–H and O–H groups in total. The number of amides is 1. The number of hydrogen-bond acceptors (Lipinski definition) is 8. The van der Waals surface area contributed by atoms with Gasteiger partial charge < -0.3 is 19.0 Å². The van der Waals surface area contributed by atoms with E-state index < -0.39 is 70.7 Å². The van der Waals surface area contributed by atoms with Crippen molar-refractivity contribution in [1.29, 1.82) is 0 Å². The number of hydrogen-bond donors (Lipinski definition) is 2. The van der Waals surface area contributed by atoms with Gasteiger partial charge in [-0.15, -0.1) is 23.4 Å². The van der Waals surface area contributed by atoms with E-state index >= 15 is 0 Å². The number of nitrogens with one attached hydrogen (secondary N) is 1. The molecule has 2 heterocycles. The number of nitrogens with zero attached hydrogens (tertiary/aromatic N) is 3. The number of halogens is 6. The van der Waals surface area contributed by atoms with E-state index in [-0.39, 0.29) is 12.2 Å². The van der Waals surface area contributed by atoms with Gasteiger partial charge in [-0.25, -0.2) is 9.78 Å². The van der Waals surface area contributed by atoms with Crippen molar-refractivity contribution in [2.75, 3.05) is 5.32 Å². The Bertz CT molecular complexity index is 1460. The summed E-state index contributed by atoms with van der Waals surface area (Å²) >= 11 is 0. The molecule has 1 atom stereocenters. The van der Waals surface area contributed by atoms with Crippen molar-refractivity contribution in [3.8, 4) is 23.2 Å². The van der Waals surface area contributed by atoms with Gasteiger partial charge in [0.1, 0.15) is 16.9 Å². The number of rotatable bonds is 9. The Morgan fingerprint density at radius 1 is 1.07 bits per heavy atom. The van der Waals surface area contributed by atoms with Gasteiger partial charge in [0, 0.05) is 6.42 Å². The molecule has 0 saturated heterocycles. The van der Waals surface area contributed by atoms with E-state index in [0.29, 0.717) is 11.6 Å². The molecule has 42 heavy (non-hydrogen) atoms. The topological polar surface area (TPSA) is 120 Å². The number of alkyl halides is 6. The first-order chi connectivity index (χ1) is 19.4. The van der Waals surface area contributed by atoms with E-state index in [1.165, 1.54) is 39.0 Å². The van der Waals surface area contributed by atoms with E-state index in [2.05, 4.69) is 33.7 Å². The van der Waals surface area contributed by atoms with Gasteiger partial charge in [0.15, 0.2) is 5.69 Å². The second kappa shape index (κ2) is 11.8. The van der Waals surface area contributed by atoms with Gasteiger partial charge in [0.25, 0.3) is 11.8 Å². The average molecular weight is 601 g/mol. The monoisotopic (exact) mass is 600 g/mol. The first-order valence-electron chi connectivity index (χ1n) is 12.1. The average Bonchev–Trinajstić information content (AvgIpc) is 3.34. The lowest BCUT2D eigenvalue weighted by molar-refractivity contribution is -0.273. The van der Waals surface area contributed by atoms with Crippen LogP contribution in [0.3, 0.4) is 0 Å². The molecule has 0 bridgehead atoms. The number of carbonyl (C=O) groups is 1. The number of aromatic nitrogens is 3. The first-order valence-corrected chi connectivity index (χ1v) is 12.1. The van der Waals surface area contributed by atoms with Gasteiger partial charge in [-0.3, -0.25) is 5.32 Å². The lowest BCUT2D eigenvalue weighted by atomic mass is 9.99. The summed E-state index contributed by atoms with van der Waals surface area (Å²) in [6.07, 6.45) is -10.2. The van der Waals surface area contributed by atoms with Crippen molar-refractivity contribution in [3.05, 3.63) is 72.7 Å². The summed E-state index contributed by atoms with van der Waals surface area (Å²) in [5, 5.41) is 19.1. The minimum absolute atomic E-state index is 0.0298. The second-order valence-electron chi connectivity index (χ2n) is 9.83. The zero-order chi connectivity index (χ0) is 31.5. The lowest BCUT2D eigenvalue weighted by Crippen LogP contribution is -2.42. The van der Waals surface area contributed by atoms with Gasteiger partial charge in [0.2, 0.25) is 11.5 Å². The maximum absolute atomic E-state index is 14.2. The molecular formula is C27H26F6N4O5. The molecular weight excluding hydrogens is 574 g/mol. The van der Waals surface area contributed by atoms with Crippen LogP contribution < -0.4 is 10.1 Å². The van der Waals surface area contributed by atoms with Crippen LogP contribution in [0.2, 0.25) is 0 Å². The molecule has 0 saturated carbocycles. The zero-order valence-corrected chi connectivity index (χ0v) is 22.6. The Morgan fingerprint density at radius 2 is 1.74 bits per heavy atom. The SMILES string of the molecule is C=CCc1ccccc1Oc1nc(-c2nnc(C(O)(CC=C)C(F)(F)F)o2)c(NC(=O)OC(C)(C)C)cc1C(F)(F)F. The number of anilines is 1. The van der Waals surface area contributed by atoms with Crippen LogP contribution in [0.1, 0.15) is 44.2 Å². The first kappa shape index (κ1) is 32.1. The lowest BCUT2D eigenvalue weighted by Gasteiger charge is -2.25. The molecule has 226 valence electrons. The molecule has 1 unspecified atom stereocenters. The van der Waals surface area contributed by atoms with Crippen molar-refractivity contribution < 1.29 is 50.1 Å². The Morgan fingerprint density at radius 3 is 2.31 bits per heavy atom. The van der Waals surface area contributed by atoms with Gasteiger partial charge in [0.05, 0.1) is 5.69 Å². The standard InChI is InChI=1S/C27H26F6N4O5/c1-6-10-15-11-8-9-12-18(15)40-20-16(26(28,29)30)14-17(34-23(38)42-24(3,4)5)19(35-20)21-36-37-22(41-21)25(39,13-7-2)27(31,32)33/h6-9,11-12,14,39H,1-2,10,13H2,3-5H3,(H,34,38). The quantitative estimate of drug-likeness (QED) is 0.193. The Balaban J connectivity index is 2.26. The molecule has 0 radical (unpaired) electrons. The molecule has 2 aromatic heterocycles. The predicted molar refractivity (Wildman–Crippen MR) is 138 cm³/mol. The number of carbonyl (C=O) groups excluding carboxylic acids is 1. The Hall–Kier alpha value is -4.40. The number of pyridine rings is 1. The van der Waals surface area contributed by atoms with Crippen LogP contribution in [0.25, 0.3) is 11.6 Å². The highest BCUT2D eigenvalue weighted by Gasteiger charge is 2.58. The maximum Gasteiger partial charge on any atom is 0.426 e. The van der Waals surface area contributed by atoms with Gasteiger partial charge in [-0.2, -0.15) is 26.3 Å². The highest BCUT2D eigenvalue weighted by atomic mass is 19.4. The van der Waals surface area contributed by atoms with E-state index in [4.69, 9.17) is 13.9 Å². The van der Waals surface area contributed by atoms with Gasteiger partial charge >= 0.3 is 18.4 Å². The highest BCUT2D eigenvalue weighted by Crippen LogP contribution is 2.44. The molecule has 0 aliphatic carbocycles. The Labute approximate surface area is 235 Å². The van der Waals surface area contributed by atoms with Crippen LogP contribution in [0, 0.1) is 0 Å². The summed E-state index contributed by atoms with van der Waals surface area (Å²) in [7, 11) is 0. The van der Waals surface area contributed by atoms with Crippen LogP contribution in [0.5, 0.6) is 11.6 Å². The van der Waals surface area contributed by atoms with Crippen LogP contribution in [-0.2, 0) is 22.9 Å². The molecule has 1 amide bonds. The normalized spacial score (nSPS) is 13.7. The van der Waals surface area contributed by atoms with Gasteiger partial charge in [-0.1, -0.05) is 30.4 Å². The summed E-state index contributed by atoms with van der Waals surface area (Å²) < 4.78 is 99.5. The van der Waals surface area contributed by atoms with Crippen LogP contribution in [0.4, 0.5) is 36.8 Å². The fourth-order valence-corrected chi connectivity index (χ4v) is 3.50. The summed E-state index contributed by atoms with van der Waals surface area (Å²) in [5.41, 5.74) is -7.17. The molecule has 0 aliphatic heterocycles. The number of aliphatic hydroxyl groups is 1. The van der Waals surface area contributed by atoms with Crippen LogP contribution in [-0.4, -0.2) is 38.2 Å². The molecule has 1 aromatic carbocycles. The summed E-state index contributed by atoms with van der Waals surface area (Å²) in [4.78, 5) is 16.3. The largest absolute Gasteiger partial charge is 0.444 e. The minimum Gasteiger partial charge on any atom is -0.444 e. The molecule has 3 rings (SSSR count). The zero-order valence-electron chi connectivity index (χ0n) is 22.6. The molecule has 0 aliphatic rings. The summed E-state index contributed by atoms with van der Waals surface area (Å²) in [6.45, 7) is 11.2. The second-order valence-corrected chi connectivity index (χ2v) is 9.83. The Kier molecular flexibility index (Phi) is 9.05. The van der Waals surface area contributed by atoms with Gasteiger partial charge in [-0.05, 0) is 44.9 Å². The highest BCUT2D eigenvalue weighted by molar-refractivity contribution is 5.89. The molecule has 9 nitrogen and oxygen atoms in total. The smallest absolute Gasteiger partial charge is 0.426 e. The third-order valence-electron chi connectivity index (χ3n) is 5.36. The maximum atomic E-state index is 14.2. The molecule has 0 fully saturated rings. The number of benzene rings is 1. The van der Waals surface area contributed by atoms with E-state index in [1.54, 1.807) is 12.1 Å². The van der Waals surface area contributed by atoms with Crippen LogP contribution in [0.15, 0.2) is 60.1 Å². The van der Waals surface area contributed by atoms with Crippen LogP contribution >= 0.6 is 0 Å². The predicted octanol–water partition coefficient (Wildman–Crippen LogP) is 7.34. The number of allylic oxidation sites excluding steroid dienone is 1. The van der Waals surface area contributed by atoms with E-state index in [0.717, 1.165) is 6.08 Å². The van der Waals surface area contributed by atoms with Crippen molar-refractivity contribution in [2.24, 2.45) is 0 Å². The third-order valence-corrected chi connectivity index (χ3v) is 5.36. The number of para-hydroxylation sites is 1. The van der Waals surface area contributed by atoms with Crippen molar-refractivity contribution in [2.45, 2.75) is 57.2 Å². The third kappa shape index (κ3) is 7.26. The summed E-state index contributed by atoms with van der Waals surface area (Å²) in [6, 6.07) is 6.49.